The fourth-order valence-corrected chi connectivity index (χ4v) is 3.08. The van der Waals surface area contributed by atoms with Gasteiger partial charge in [-0.05, 0) is 62.0 Å². The van der Waals surface area contributed by atoms with Crippen molar-refractivity contribution in [3.05, 3.63) is 83.8 Å². The Morgan fingerprint density at radius 1 is 1.17 bits per heavy atom. The summed E-state index contributed by atoms with van der Waals surface area (Å²) in [7, 11) is 0. The lowest BCUT2D eigenvalue weighted by Crippen LogP contribution is -2.24. The maximum atomic E-state index is 6.33. The number of hydrogen-bond donors (Lipinski definition) is 1. The third-order valence-corrected chi connectivity index (χ3v) is 4.30. The van der Waals surface area contributed by atoms with Gasteiger partial charge < -0.3 is 10.6 Å². The zero-order valence-corrected chi connectivity index (χ0v) is 13.8. The number of hydrogen-bond acceptors (Lipinski definition) is 2. The Morgan fingerprint density at radius 2 is 2.04 bits per heavy atom. The van der Waals surface area contributed by atoms with Crippen LogP contribution in [-0.4, -0.2) is 0 Å². The summed E-state index contributed by atoms with van der Waals surface area (Å²) >= 11 is 0. The van der Waals surface area contributed by atoms with Crippen LogP contribution < -0.4 is 10.6 Å². The van der Waals surface area contributed by atoms with Gasteiger partial charge in [0.15, 0.2) is 0 Å². The van der Waals surface area contributed by atoms with Gasteiger partial charge in [-0.15, -0.1) is 0 Å². The van der Waals surface area contributed by atoms with E-state index in [0.717, 1.165) is 42.8 Å². The first-order valence-corrected chi connectivity index (χ1v) is 8.25. The second kappa shape index (κ2) is 6.74. The van der Waals surface area contributed by atoms with Crippen LogP contribution in [0.4, 0.5) is 11.4 Å². The summed E-state index contributed by atoms with van der Waals surface area (Å²) < 4.78 is 0. The molecule has 0 spiro atoms. The molecule has 3 rings (SSSR count). The minimum atomic E-state index is 0.794. The van der Waals surface area contributed by atoms with Crippen LogP contribution in [0.5, 0.6) is 0 Å². The predicted molar refractivity (Wildman–Crippen MR) is 100 cm³/mol. The van der Waals surface area contributed by atoms with Gasteiger partial charge in [-0.2, -0.15) is 0 Å². The second-order valence-electron chi connectivity index (χ2n) is 6.11. The second-order valence-corrected chi connectivity index (χ2v) is 6.11. The molecule has 1 aromatic rings. The lowest BCUT2D eigenvalue weighted by molar-refractivity contribution is 0.895. The number of benzene rings is 1. The van der Waals surface area contributed by atoms with E-state index in [1.165, 1.54) is 16.8 Å². The third-order valence-electron chi connectivity index (χ3n) is 4.30. The quantitative estimate of drug-likeness (QED) is 0.754. The summed E-state index contributed by atoms with van der Waals surface area (Å²) in [6, 6.07) is 6.23. The van der Waals surface area contributed by atoms with Gasteiger partial charge in [-0.3, -0.25) is 0 Å². The van der Waals surface area contributed by atoms with Crippen molar-refractivity contribution in [2.45, 2.75) is 32.6 Å². The van der Waals surface area contributed by atoms with Crippen molar-refractivity contribution >= 4 is 11.4 Å². The van der Waals surface area contributed by atoms with E-state index in [1.54, 1.807) is 0 Å². The van der Waals surface area contributed by atoms with E-state index in [2.05, 4.69) is 67.0 Å². The molecular formula is C21H24N2. The van der Waals surface area contributed by atoms with E-state index < -0.39 is 0 Å². The summed E-state index contributed by atoms with van der Waals surface area (Å²) in [6.07, 6.45) is 17.4. The fourth-order valence-electron chi connectivity index (χ4n) is 3.08. The molecule has 0 fully saturated rings. The number of allylic oxidation sites excluding steroid dienone is 7. The first-order valence-electron chi connectivity index (χ1n) is 8.25. The number of nitrogens with two attached hydrogens (primary N) is 1. The highest BCUT2D eigenvalue weighted by Gasteiger charge is 2.20. The Bertz CT molecular complexity index is 732. The van der Waals surface area contributed by atoms with E-state index >= 15 is 0 Å². The highest BCUT2D eigenvalue weighted by Crippen LogP contribution is 2.36. The van der Waals surface area contributed by atoms with Gasteiger partial charge in [0.25, 0.3) is 0 Å². The molecule has 2 nitrogen and oxygen atoms in total. The normalized spacial score (nSPS) is 16.7. The van der Waals surface area contributed by atoms with Crippen LogP contribution in [0.2, 0.25) is 0 Å². The van der Waals surface area contributed by atoms with Gasteiger partial charge in [0.2, 0.25) is 0 Å². The minimum Gasteiger partial charge on any atom is -0.397 e. The van der Waals surface area contributed by atoms with E-state index in [4.69, 9.17) is 5.73 Å². The van der Waals surface area contributed by atoms with Crippen molar-refractivity contribution in [2.75, 3.05) is 10.6 Å². The molecule has 0 aliphatic heterocycles. The van der Waals surface area contributed by atoms with E-state index in [1.807, 2.05) is 6.07 Å². The van der Waals surface area contributed by atoms with Crippen molar-refractivity contribution < 1.29 is 0 Å². The van der Waals surface area contributed by atoms with E-state index in [0.29, 0.717) is 0 Å². The van der Waals surface area contributed by atoms with Gasteiger partial charge in [-0.1, -0.05) is 43.0 Å². The number of anilines is 2. The van der Waals surface area contributed by atoms with Crippen molar-refractivity contribution in [1.82, 2.24) is 0 Å². The number of nitrogen functional groups attached to an aromatic ring is 1. The third kappa shape index (κ3) is 3.31. The molecule has 2 aliphatic rings. The lowest BCUT2D eigenvalue weighted by atomic mass is 10.0. The molecule has 2 aliphatic carbocycles. The molecule has 0 unspecified atom stereocenters. The van der Waals surface area contributed by atoms with Gasteiger partial charge in [0, 0.05) is 11.4 Å². The van der Waals surface area contributed by atoms with Gasteiger partial charge in [0.1, 0.15) is 0 Å². The van der Waals surface area contributed by atoms with Crippen molar-refractivity contribution in [3.8, 4) is 0 Å². The number of nitrogens with zero attached hydrogens (tertiary/aromatic N) is 1. The summed E-state index contributed by atoms with van der Waals surface area (Å²) in [5, 5.41) is 0. The van der Waals surface area contributed by atoms with Crippen LogP contribution in [0.25, 0.3) is 0 Å². The van der Waals surface area contributed by atoms with Gasteiger partial charge in [-0.25, -0.2) is 0 Å². The van der Waals surface area contributed by atoms with Crippen LogP contribution >= 0.6 is 0 Å². The summed E-state index contributed by atoms with van der Waals surface area (Å²) in [4.78, 5) is 2.22. The molecule has 118 valence electrons. The maximum Gasteiger partial charge on any atom is 0.0688 e. The Kier molecular flexibility index (Phi) is 4.52. The van der Waals surface area contributed by atoms with Crippen LogP contribution in [0.3, 0.4) is 0 Å². The first-order chi connectivity index (χ1) is 11.2. The van der Waals surface area contributed by atoms with Crippen LogP contribution in [0, 0.1) is 6.92 Å². The monoisotopic (exact) mass is 304 g/mol. The number of aryl methyl sites for hydroxylation is 1. The smallest absolute Gasteiger partial charge is 0.0688 e. The number of rotatable bonds is 4. The highest BCUT2D eigenvalue weighted by molar-refractivity contribution is 5.76. The summed E-state index contributed by atoms with van der Waals surface area (Å²) in [6.45, 7) is 6.44. The fraction of sp³-hybridized carbons (Fsp3) is 0.238. The molecular weight excluding hydrogens is 280 g/mol. The molecule has 2 heteroatoms. The largest absolute Gasteiger partial charge is 0.397 e. The molecule has 0 saturated heterocycles. The first kappa shape index (κ1) is 15.4. The molecule has 0 atom stereocenters. The lowest BCUT2D eigenvalue weighted by Gasteiger charge is -2.32. The summed E-state index contributed by atoms with van der Waals surface area (Å²) in [5.74, 6) is 0. The molecule has 2 N–H and O–H groups in total. The van der Waals surface area contributed by atoms with Gasteiger partial charge >= 0.3 is 0 Å². The molecule has 0 amide bonds. The minimum absolute atomic E-state index is 0.794. The standard InChI is InChI=1S/C21H24N2/c1-16-13-14-21(20(22)15-16)23(19-11-7-4-8-12-19)17(2)18-9-5-3-6-10-18/h4-5,7,9-11,13-15H,2-3,6,8,12,22H2,1H3. The summed E-state index contributed by atoms with van der Waals surface area (Å²) in [5.41, 5.74) is 12.7. The average molecular weight is 304 g/mol. The molecule has 0 radical (unpaired) electrons. The molecule has 1 aromatic carbocycles. The molecule has 0 bridgehead atoms. The van der Waals surface area contributed by atoms with E-state index in [-0.39, 0.29) is 0 Å². The molecule has 0 aromatic heterocycles. The van der Waals surface area contributed by atoms with Crippen molar-refractivity contribution in [1.29, 1.82) is 0 Å². The Labute approximate surface area is 139 Å². The predicted octanol–water partition coefficient (Wildman–Crippen LogP) is 5.41. The van der Waals surface area contributed by atoms with Gasteiger partial charge in [0.05, 0.1) is 11.4 Å². The van der Waals surface area contributed by atoms with E-state index in [9.17, 15) is 0 Å². The Balaban J connectivity index is 2.05. The Morgan fingerprint density at radius 3 is 2.70 bits per heavy atom. The Hall–Kier alpha value is -2.48. The molecule has 23 heavy (non-hydrogen) atoms. The van der Waals surface area contributed by atoms with Crippen LogP contribution in [-0.2, 0) is 0 Å². The highest BCUT2D eigenvalue weighted by atomic mass is 15.2. The molecule has 0 heterocycles. The maximum absolute atomic E-state index is 6.33. The molecule has 0 saturated carbocycles. The SMILES string of the molecule is C=C(C1=CCCC=C1)N(C1=CC=CCC1)c1ccc(C)cc1N. The van der Waals surface area contributed by atoms with Crippen molar-refractivity contribution in [2.24, 2.45) is 0 Å². The van der Waals surface area contributed by atoms with Crippen molar-refractivity contribution in [3.63, 3.8) is 0 Å². The zero-order chi connectivity index (χ0) is 16.2. The average Bonchev–Trinajstić information content (AvgIpc) is 2.59. The topological polar surface area (TPSA) is 29.3 Å². The zero-order valence-electron chi connectivity index (χ0n) is 13.8. The van der Waals surface area contributed by atoms with Crippen LogP contribution in [0.15, 0.2) is 78.2 Å². The van der Waals surface area contributed by atoms with Crippen LogP contribution in [0.1, 0.15) is 31.2 Å².